The van der Waals surface area contributed by atoms with Crippen LogP contribution in [0, 0.1) is 0 Å². The van der Waals surface area contributed by atoms with Crippen LogP contribution in [0.3, 0.4) is 0 Å². The zero-order chi connectivity index (χ0) is 4.41. The van der Waals surface area contributed by atoms with Gasteiger partial charge in [-0.1, -0.05) is 0 Å². The molecule has 2 nitrogen and oxygen atoms in total. The highest BCUT2D eigenvalue weighted by atomic mass is 33.1. The van der Waals surface area contributed by atoms with E-state index in [9.17, 15) is 0 Å². The Morgan fingerprint density at radius 2 is 2.50 bits per heavy atom. The summed E-state index contributed by atoms with van der Waals surface area (Å²) in [6.07, 6.45) is 1.81. The SMILES string of the molecule is NN1C=CSS1. The third-order valence-electron chi connectivity index (χ3n) is 0.392. The Bertz CT molecular complexity index is 71.9. The van der Waals surface area contributed by atoms with Gasteiger partial charge in [-0.2, -0.15) is 0 Å². The van der Waals surface area contributed by atoms with Crippen LogP contribution in [-0.2, 0) is 0 Å². The minimum Gasteiger partial charge on any atom is -0.250 e. The monoisotopic (exact) mass is 120 g/mol. The zero-order valence-corrected chi connectivity index (χ0v) is 4.63. The molecule has 0 radical (unpaired) electrons. The first-order valence-corrected chi connectivity index (χ1v) is 3.60. The van der Waals surface area contributed by atoms with Crippen LogP contribution in [0.15, 0.2) is 11.6 Å². The summed E-state index contributed by atoms with van der Waals surface area (Å²) in [5.41, 5.74) is 0. The molecular weight excluding hydrogens is 116 g/mol. The van der Waals surface area contributed by atoms with Crippen molar-refractivity contribution in [3.05, 3.63) is 11.6 Å². The molecular formula is C2H4N2S2. The molecule has 0 spiro atoms. The Hall–Kier alpha value is 0.200. The van der Waals surface area contributed by atoms with Crippen molar-refractivity contribution in [1.29, 1.82) is 0 Å². The highest BCUT2D eigenvalue weighted by Gasteiger charge is 1.96. The summed E-state index contributed by atoms with van der Waals surface area (Å²) in [5, 5.41) is 1.94. The van der Waals surface area contributed by atoms with Crippen molar-refractivity contribution in [2.45, 2.75) is 0 Å². The third kappa shape index (κ3) is 0.830. The van der Waals surface area contributed by atoms with Crippen LogP contribution >= 0.6 is 21.8 Å². The summed E-state index contributed by atoms with van der Waals surface area (Å²) in [6, 6.07) is 0. The number of hydrogen-bond acceptors (Lipinski definition) is 4. The van der Waals surface area contributed by atoms with Crippen molar-refractivity contribution >= 4 is 21.8 Å². The predicted molar refractivity (Wildman–Crippen MR) is 30.3 cm³/mol. The van der Waals surface area contributed by atoms with E-state index >= 15 is 0 Å². The second-order valence-corrected chi connectivity index (χ2v) is 2.88. The molecule has 1 heterocycles. The second kappa shape index (κ2) is 1.77. The van der Waals surface area contributed by atoms with E-state index in [0.29, 0.717) is 0 Å². The number of nitrogens with zero attached hydrogens (tertiary/aromatic N) is 1. The molecule has 4 heteroatoms. The lowest BCUT2D eigenvalue weighted by molar-refractivity contribution is 0.684. The minimum atomic E-state index is 1.51. The molecule has 1 aliphatic rings. The van der Waals surface area contributed by atoms with E-state index < -0.39 is 0 Å². The first-order valence-electron chi connectivity index (χ1n) is 1.43. The summed E-state index contributed by atoms with van der Waals surface area (Å²) >= 11 is 0. The molecule has 0 saturated heterocycles. The van der Waals surface area contributed by atoms with Gasteiger partial charge in [-0.15, -0.1) is 0 Å². The molecule has 0 fully saturated rings. The maximum atomic E-state index is 5.22. The van der Waals surface area contributed by atoms with Gasteiger partial charge in [-0.25, -0.2) is 10.3 Å². The van der Waals surface area contributed by atoms with E-state index in [1.54, 1.807) is 15.2 Å². The quantitative estimate of drug-likeness (QED) is 0.293. The van der Waals surface area contributed by atoms with Crippen LogP contribution in [0.2, 0.25) is 0 Å². The first-order chi connectivity index (χ1) is 2.89. The number of hydrogen-bond donors (Lipinski definition) is 1. The van der Waals surface area contributed by atoms with Crippen molar-refractivity contribution in [2.75, 3.05) is 0 Å². The molecule has 34 valence electrons. The van der Waals surface area contributed by atoms with Crippen molar-refractivity contribution in [2.24, 2.45) is 5.84 Å². The number of rotatable bonds is 0. The van der Waals surface area contributed by atoms with Gasteiger partial charge in [0.1, 0.15) is 0 Å². The van der Waals surface area contributed by atoms with E-state index in [1.807, 2.05) is 11.6 Å². The Morgan fingerprint density at radius 3 is 2.67 bits per heavy atom. The van der Waals surface area contributed by atoms with Crippen molar-refractivity contribution < 1.29 is 0 Å². The van der Waals surface area contributed by atoms with Crippen LogP contribution in [0.1, 0.15) is 0 Å². The van der Waals surface area contributed by atoms with Crippen molar-refractivity contribution in [3.63, 3.8) is 0 Å². The lowest BCUT2D eigenvalue weighted by Crippen LogP contribution is -2.11. The minimum absolute atomic E-state index is 1.51. The van der Waals surface area contributed by atoms with E-state index in [-0.39, 0.29) is 0 Å². The molecule has 1 rings (SSSR count). The summed E-state index contributed by atoms with van der Waals surface area (Å²) in [4.78, 5) is 0. The van der Waals surface area contributed by atoms with Crippen LogP contribution in [0.5, 0.6) is 0 Å². The van der Waals surface area contributed by atoms with E-state index in [0.717, 1.165) is 0 Å². The van der Waals surface area contributed by atoms with Gasteiger partial charge in [0.25, 0.3) is 0 Å². The Morgan fingerprint density at radius 1 is 1.67 bits per heavy atom. The van der Waals surface area contributed by atoms with E-state index in [2.05, 4.69) is 0 Å². The normalized spacial score (nSPS) is 19.8. The first kappa shape index (κ1) is 4.36. The average Bonchev–Trinajstić information content (AvgIpc) is 1.86. The fourth-order valence-electron chi connectivity index (χ4n) is 0.184. The van der Waals surface area contributed by atoms with Crippen LogP contribution in [0.4, 0.5) is 0 Å². The lowest BCUT2D eigenvalue weighted by Gasteiger charge is -1.98. The van der Waals surface area contributed by atoms with E-state index in [1.165, 1.54) is 11.0 Å². The molecule has 0 aromatic heterocycles. The summed E-state index contributed by atoms with van der Waals surface area (Å²) in [5.74, 6) is 5.22. The number of hydrazine groups is 1. The molecule has 2 N–H and O–H groups in total. The highest BCUT2D eigenvalue weighted by molar-refractivity contribution is 8.77. The number of nitrogens with two attached hydrogens (primary N) is 1. The van der Waals surface area contributed by atoms with Gasteiger partial charge in [-0.05, 0) is 10.8 Å². The molecule has 0 aliphatic carbocycles. The molecule has 0 unspecified atom stereocenters. The molecule has 0 aromatic carbocycles. The van der Waals surface area contributed by atoms with Crippen LogP contribution < -0.4 is 5.84 Å². The lowest BCUT2D eigenvalue weighted by atomic mass is 11.1. The molecule has 0 amide bonds. The molecule has 0 atom stereocenters. The van der Waals surface area contributed by atoms with Crippen molar-refractivity contribution in [1.82, 2.24) is 4.41 Å². The van der Waals surface area contributed by atoms with Gasteiger partial charge in [-0.3, -0.25) is 0 Å². The van der Waals surface area contributed by atoms with Gasteiger partial charge in [0.2, 0.25) is 0 Å². The van der Waals surface area contributed by atoms with Gasteiger partial charge >= 0.3 is 0 Å². The fraction of sp³-hybridized carbons (Fsp3) is 0. The topological polar surface area (TPSA) is 29.3 Å². The summed E-state index contributed by atoms with van der Waals surface area (Å²) < 4.78 is 1.56. The zero-order valence-electron chi connectivity index (χ0n) is 3.00. The Kier molecular flexibility index (Phi) is 1.29. The maximum Gasteiger partial charge on any atom is 0.0416 e. The van der Waals surface area contributed by atoms with Crippen molar-refractivity contribution in [3.8, 4) is 0 Å². The smallest absolute Gasteiger partial charge is 0.0416 e. The summed E-state index contributed by atoms with van der Waals surface area (Å²) in [6.45, 7) is 0. The average molecular weight is 120 g/mol. The maximum absolute atomic E-state index is 5.22. The predicted octanol–water partition coefficient (Wildman–Crippen LogP) is 0.943. The van der Waals surface area contributed by atoms with Crippen LogP contribution in [0.25, 0.3) is 0 Å². The molecule has 0 aromatic rings. The van der Waals surface area contributed by atoms with Gasteiger partial charge in [0.15, 0.2) is 0 Å². The standard InChI is InChI=1S/C2H4N2S2/c3-4-1-2-5-6-4/h1-2H,3H2. The molecule has 0 saturated carbocycles. The van der Waals surface area contributed by atoms with E-state index in [4.69, 9.17) is 5.84 Å². The third-order valence-corrected chi connectivity index (χ3v) is 2.11. The largest absolute Gasteiger partial charge is 0.250 e. The van der Waals surface area contributed by atoms with Gasteiger partial charge in [0, 0.05) is 22.6 Å². The Balaban J connectivity index is 2.38. The van der Waals surface area contributed by atoms with Crippen LogP contribution in [-0.4, -0.2) is 4.41 Å². The molecule has 0 bridgehead atoms. The highest BCUT2D eigenvalue weighted by Crippen LogP contribution is 2.30. The molecule has 1 aliphatic heterocycles. The van der Waals surface area contributed by atoms with Gasteiger partial charge < -0.3 is 0 Å². The summed E-state index contributed by atoms with van der Waals surface area (Å²) in [7, 11) is 3.13. The Labute approximate surface area is 44.3 Å². The fourth-order valence-corrected chi connectivity index (χ4v) is 1.45. The second-order valence-electron chi connectivity index (χ2n) is 0.816. The van der Waals surface area contributed by atoms with Gasteiger partial charge in [0.05, 0.1) is 0 Å². The molecule has 6 heavy (non-hydrogen) atoms.